The maximum absolute atomic E-state index is 9.31. The van der Waals surface area contributed by atoms with E-state index in [2.05, 4.69) is 20.8 Å². The summed E-state index contributed by atoms with van der Waals surface area (Å²) in [6, 6.07) is 5.77. The van der Waals surface area contributed by atoms with Crippen molar-refractivity contribution in [2.24, 2.45) is 0 Å². The molecule has 0 heterocycles. The SMILES string of the molecule is CC.Cc1cc(C(C)(C)C)ccc1O. The lowest BCUT2D eigenvalue weighted by molar-refractivity contribution is 0.469. The molecule has 0 atom stereocenters. The van der Waals surface area contributed by atoms with Crippen molar-refractivity contribution in [1.82, 2.24) is 0 Å². The maximum Gasteiger partial charge on any atom is 0.118 e. The molecule has 0 aliphatic heterocycles. The number of phenolic OH excluding ortho intramolecular Hbond substituents is 1. The van der Waals surface area contributed by atoms with Crippen LogP contribution in [0.3, 0.4) is 0 Å². The van der Waals surface area contributed by atoms with Gasteiger partial charge in [0.15, 0.2) is 0 Å². The highest BCUT2D eigenvalue weighted by Crippen LogP contribution is 2.26. The van der Waals surface area contributed by atoms with Crippen LogP contribution < -0.4 is 0 Å². The van der Waals surface area contributed by atoms with Crippen LogP contribution in [0, 0.1) is 6.92 Å². The molecule has 0 radical (unpaired) electrons. The first kappa shape index (κ1) is 13.0. The summed E-state index contributed by atoms with van der Waals surface area (Å²) < 4.78 is 0. The fourth-order valence-corrected chi connectivity index (χ4v) is 1.12. The molecule has 0 bridgehead atoms. The van der Waals surface area contributed by atoms with Crippen molar-refractivity contribution in [3.8, 4) is 5.75 Å². The molecule has 0 saturated heterocycles. The molecule has 1 N–H and O–H groups in total. The van der Waals surface area contributed by atoms with Crippen molar-refractivity contribution < 1.29 is 5.11 Å². The number of aromatic hydroxyl groups is 1. The summed E-state index contributed by atoms with van der Waals surface area (Å²) >= 11 is 0. The summed E-state index contributed by atoms with van der Waals surface area (Å²) in [6.45, 7) is 12.4. The molecule has 0 spiro atoms. The van der Waals surface area contributed by atoms with Gasteiger partial charge in [0.25, 0.3) is 0 Å². The topological polar surface area (TPSA) is 20.2 Å². The summed E-state index contributed by atoms with van der Waals surface area (Å²) in [5, 5.41) is 9.31. The van der Waals surface area contributed by atoms with Crippen LogP contribution in [0.2, 0.25) is 0 Å². The Bertz CT molecular complexity index is 282. The second kappa shape index (κ2) is 5.04. The van der Waals surface area contributed by atoms with Crippen molar-refractivity contribution in [1.29, 1.82) is 0 Å². The summed E-state index contributed by atoms with van der Waals surface area (Å²) in [4.78, 5) is 0. The van der Waals surface area contributed by atoms with Crippen LogP contribution in [0.1, 0.15) is 45.7 Å². The Morgan fingerprint density at radius 2 is 1.57 bits per heavy atom. The fraction of sp³-hybridized carbons (Fsp3) is 0.538. The molecule has 0 unspecified atom stereocenters. The van der Waals surface area contributed by atoms with E-state index in [-0.39, 0.29) is 5.41 Å². The molecule has 0 saturated carbocycles. The Labute approximate surface area is 87.8 Å². The number of aryl methyl sites for hydroxylation is 1. The van der Waals surface area contributed by atoms with Crippen LogP contribution in [-0.4, -0.2) is 5.11 Å². The van der Waals surface area contributed by atoms with Crippen LogP contribution in [0.5, 0.6) is 5.75 Å². The average molecular weight is 194 g/mol. The summed E-state index contributed by atoms with van der Waals surface area (Å²) in [7, 11) is 0. The highest BCUT2D eigenvalue weighted by atomic mass is 16.3. The molecular formula is C13H22O. The van der Waals surface area contributed by atoms with Crippen LogP contribution in [-0.2, 0) is 5.41 Å². The van der Waals surface area contributed by atoms with Crippen LogP contribution in [0.4, 0.5) is 0 Å². The zero-order valence-electron chi connectivity index (χ0n) is 10.2. The molecule has 80 valence electrons. The van der Waals surface area contributed by atoms with Gasteiger partial charge in [0.2, 0.25) is 0 Å². The highest BCUT2D eigenvalue weighted by Gasteiger charge is 2.13. The van der Waals surface area contributed by atoms with E-state index >= 15 is 0 Å². The van der Waals surface area contributed by atoms with Gasteiger partial charge in [-0.25, -0.2) is 0 Å². The third-order valence-corrected chi connectivity index (χ3v) is 2.06. The Morgan fingerprint density at radius 3 is 1.93 bits per heavy atom. The molecule has 1 nitrogen and oxygen atoms in total. The quantitative estimate of drug-likeness (QED) is 0.661. The van der Waals surface area contributed by atoms with Gasteiger partial charge < -0.3 is 5.11 Å². The Morgan fingerprint density at radius 1 is 1.07 bits per heavy atom. The standard InChI is InChI=1S/C11H16O.C2H6/c1-8-7-9(11(2,3)4)5-6-10(8)12;1-2/h5-7,12H,1-4H3;1-2H3. The van der Waals surface area contributed by atoms with Gasteiger partial charge in [-0.05, 0) is 29.5 Å². The van der Waals surface area contributed by atoms with Crippen molar-refractivity contribution in [3.63, 3.8) is 0 Å². The Kier molecular flexibility index (Phi) is 4.69. The molecular weight excluding hydrogens is 172 g/mol. The number of phenols is 1. The number of rotatable bonds is 0. The zero-order valence-corrected chi connectivity index (χ0v) is 10.2. The van der Waals surface area contributed by atoms with Crippen molar-refractivity contribution in [3.05, 3.63) is 29.3 Å². The van der Waals surface area contributed by atoms with E-state index in [0.717, 1.165) is 5.56 Å². The van der Waals surface area contributed by atoms with Gasteiger partial charge in [-0.15, -0.1) is 0 Å². The third kappa shape index (κ3) is 3.41. The lowest BCUT2D eigenvalue weighted by atomic mass is 9.86. The molecule has 0 fully saturated rings. The van der Waals surface area contributed by atoms with Crippen LogP contribution in [0.15, 0.2) is 18.2 Å². The zero-order chi connectivity index (χ0) is 11.4. The third-order valence-electron chi connectivity index (χ3n) is 2.06. The molecule has 1 aromatic rings. The van der Waals surface area contributed by atoms with Crippen molar-refractivity contribution in [2.45, 2.75) is 47.0 Å². The van der Waals surface area contributed by atoms with Crippen LogP contribution in [0.25, 0.3) is 0 Å². The predicted octanol–water partition coefficient (Wildman–Crippen LogP) is 4.02. The lowest BCUT2D eigenvalue weighted by Gasteiger charge is -2.19. The van der Waals surface area contributed by atoms with E-state index in [0.29, 0.717) is 5.75 Å². The van der Waals surface area contributed by atoms with Crippen molar-refractivity contribution >= 4 is 0 Å². The Hall–Kier alpha value is -0.980. The summed E-state index contributed by atoms with van der Waals surface area (Å²) in [6.07, 6.45) is 0. The first-order valence-electron chi connectivity index (χ1n) is 5.21. The molecule has 0 aliphatic rings. The summed E-state index contributed by atoms with van der Waals surface area (Å²) in [5.74, 6) is 0.378. The molecule has 1 rings (SSSR count). The second-order valence-corrected chi connectivity index (χ2v) is 4.25. The van der Waals surface area contributed by atoms with Gasteiger partial charge in [-0.1, -0.05) is 46.8 Å². The van der Waals surface area contributed by atoms with Crippen LogP contribution >= 0.6 is 0 Å². The molecule has 1 aromatic carbocycles. The number of hydrogen-bond acceptors (Lipinski definition) is 1. The smallest absolute Gasteiger partial charge is 0.118 e. The van der Waals surface area contributed by atoms with Gasteiger partial charge in [-0.2, -0.15) is 0 Å². The minimum atomic E-state index is 0.165. The predicted molar refractivity (Wildman–Crippen MR) is 62.9 cm³/mol. The number of hydrogen-bond donors (Lipinski definition) is 1. The van der Waals surface area contributed by atoms with Crippen molar-refractivity contribution in [2.75, 3.05) is 0 Å². The monoisotopic (exact) mass is 194 g/mol. The van der Waals surface area contributed by atoms with E-state index < -0.39 is 0 Å². The summed E-state index contributed by atoms with van der Waals surface area (Å²) in [5.41, 5.74) is 2.37. The Balaban J connectivity index is 0.000000791. The van der Waals surface area contributed by atoms with E-state index in [1.54, 1.807) is 6.07 Å². The molecule has 0 amide bonds. The molecule has 0 aliphatic carbocycles. The van der Waals surface area contributed by atoms with Gasteiger partial charge in [0, 0.05) is 0 Å². The normalized spacial score (nSPS) is 10.4. The van der Waals surface area contributed by atoms with Gasteiger partial charge >= 0.3 is 0 Å². The van der Waals surface area contributed by atoms with Gasteiger partial charge in [0.1, 0.15) is 5.75 Å². The maximum atomic E-state index is 9.31. The van der Waals surface area contributed by atoms with E-state index in [9.17, 15) is 5.11 Å². The second-order valence-electron chi connectivity index (χ2n) is 4.25. The fourth-order valence-electron chi connectivity index (χ4n) is 1.12. The molecule has 14 heavy (non-hydrogen) atoms. The first-order valence-corrected chi connectivity index (χ1v) is 5.21. The van der Waals surface area contributed by atoms with E-state index in [1.807, 2.05) is 32.9 Å². The highest BCUT2D eigenvalue weighted by molar-refractivity contribution is 5.37. The minimum Gasteiger partial charge on any atom is -0.508 e. The first-order chi connectivity index (χ1) is 6.41. The van der Waals surface area contributed by atoms with Gasteiger partial charge in [-0.3, -0.25) is 0 Å². The molecule has 1 heteroatoms. The lowest BCUT2D eigenvalue weighted by Crippen LogP contribution is -2.10. The van der Waals surface area contributed by atoms with E-state index in [1.165, 1.54) is 5.56 Å². The largest absolute Gasteiger partial charge is 0.508 e. The number of benzene rings is 1. The van der Waals surface area contributed by atoms with Gasteiger partial charge in [0.05, 0.1) is 0 Å². The minimum absolute atomic E-state index is 0.165. The molecule has 0 aromatic heterocycles. The van der Waals surface area contributed by atoms with E-state index in [4.69, 9.17) is 0 Å². The average Bonchev–Trinajstić information content (AvgIpc) is 2.11.